The van der Waals surface area contributed by atoms with Gasteiger partial charge in [-0.3, -0.25) is 4.79 Å². The van der Waals surface area contributed by atoms with Crippen molar-refractivity contribution in [2.45, 2.75) is 211 Å². The lowest BCUT2D eigenvalue weighted by Gasteiger charge is -2.40. The van der Waals surface area contributed by atoms with Gasteiger partial charge in [0.2, 0.25) is 5.91 Å². The summed E-state index contributed by atoms with van der Waals surface area (Å²) < 4.78 is 11.0. The Hall–Kier alpha value is -2.63. The van der Waals surface area contributed by atoms with E-state index in [4.69, 9.17) is 9.47 Å². The van der Waals surface area contributed by atoms with Crippen molar-refractivity contribution in [3.05, 3.63) is 85.1 Å². The zero-order chi connectivity index (χ0) is 43.0. The van der Waals surface area contributed by atoms with Crippen LogP contribution in [0.5, 0.6) is 0 Å². The van der Waals surface area contributed by atoms with Crippen molar-refractivity contribution in [2.75, 3.05) is 13.2 Å². The third-order valence-electron chi connectivity index (χ3n) is 10.5. The Morgan fingerprint density at radius 2 is 1.05 bits per heavy atom. The van der Waals surface area contributed by atoms with Crippen molar-refractivity contribution in [3.8, 4) is 0 Å². The lowest BCUT2D eigenvalue weighted by atomic mass is 9.99. The van der Waals surface area contributed by atoms with Gasteiger partial charge in [0.05, 0.1) is 25.4 Å². The maximum atomic E-state index is 12.8. The summed E-state index contributed by atoms with van der Waals surface area (Å²) in [5, 5.41) is 53.4. The third-order valence-corrected chi connectivity index (χ3v) is 10.5. The number of carbonyl (C=O) groups is 1. The topological polar surface area (TPSA) is 149 Å². The molecule has 1 amide bonds. The molecule has 0 radical (unpaired) electrons. The van der Waals surface area contributed by atoms with Crippen LogP contribution in [0.2, 0.25) is 0 Å². The van der Waals surface area contributed by atoms with Gasteiger partial charge >= 0.3 is 0 Å². The summed E-state index contributed by atoms with van der Waals surface area (Å²) in [5.74, 6) is -0.194. The minimum absolute atomic E-state index is 0.194. The third kappa shape index (κ3) is 30.1. The molecule has 6 N–H and O–H groups in total. The summed E-state index contributed by atoms with van der Waals surface area (Å²) in [5.41, 5.74) is 0. The van der Waals surface area contributed by atoms with Crippen LogP contribution in [0.3, 0.4) is 0 Å². The van der Waals surface area contributed by atoms with Gasteiger partial charge in [-0.2, -0.15) is 0 Å². The first-order valence-electron chi connectivity index (χ1n) is 23.3. The molecule has 0 aromatic heterocycles. The number of hydrogen-bond acceptors (Lipinski definition) is 8. The fourth-order valence-corrected chi connectivity index (χ4v) is 6.75. The maximum absolute atomic E-state index is 12.8. The highest BCUT2D eigenvalue weighted by atomic mass is 16.7. The van der Waals surface area contributed by atoms with E-state index in [0.717, 1.165) is 70.6 Å². The van der Waals surface area contributed by atoms with Crippen molar-refractivity contribution >= 4 is 5.91 Å². The van der Waals surface area contributed by atoms with E-state index in [2.05, 4.69) is 85.2 Å². The molecule has 9 heteroatoms. The predicted molar refractivity (Wildman–Crippen MR) is 244 cm³/mol. The molecule has 7 atom stereocenters. The lowest BCUT2D eigenvalue weighted by molar-refractivity contribution is -0.302. The Morgan fingerprint density at radius 3 is 1.53 bits per heavy atom. The first-order chi connectivity index (χ1) is 28.8. The molecular weight excluding hydrogens is 743 g/mol. The Bertz CT molecular complexity index is 1190. The van der Waals surface area contributed by atoms with Crippen molar-refractivity contribution in [3.63, 3.8) is 0 Å². The molecule has 0 spiro atoms. The smallest absolute Gasteiger partial charge is 0.220 e. The van der Waals surface area contributed by atoms with E-state index >= 15 is 0 Å². The number of nitrogens with one attached hydrogen (secondary N) is 1. The number of allylic oxidation sites excluding steroid dienone is 13. The highest BCUT2D eigenvalue weighted by Crippen LogP contribution is 2.22. The molecule has 1 saturated heterocycles. The van der Waals surface area contributed by atoms with Gasteiger partial charge in [0.1, 0.15) is 24.4 Å². The van der Waals surface area contributed by atoms with E-state index in [9.17, 15) is 30.3 Å². The van der Waals surface area contributed by atoms with E-state index < -0.39 is 49.5 Å². The molecule has 1 fully saturated rings. The summed E-state index contributed by atoms with van der Waals surface area (Å²) in [6, 6.07) is -0.804. The monoisotopic (exact) mass is 828 g/mol. The second-order valence-corrected chi connectivity index (χ2v) is 15.8. The van der Waals surface area contributed by atoms with Crippen LogP contribution in [0.4, 0.5) is 0 Å². The molecule has 1 rings (SSSR count). The van der Waals surface area contributed by atoms with Gasteiger partial charge in [-0.25, -0.2) is 0 Å². The first kappa shape index (κ1) is 54.4. The fourth-order valence-electron chi connectivity index (χ4n) is 6.75. The predicted octanol–water partition coefficient (Wildman–Crippen LogP) is 9.94. The Balaban J connectivity index is 2.02. The average Bonchev–Trinajstić information content (AvgIpc) is 3.23. The summed E-state index contributed by atoms with van der Waals surface area (Å²) >= 11 is 0. The molecule has 1 heterocycles. The van der Waals surface area contributed by atoms with Crippen LogP contribution in [0.15, 0.2) is 85.1 Å². The second kappa shape index (κ2) is 39.5. The normalized spacial score (nSPS) is 21.5. The van der Waals surface area contributed by atoms with E-state index in [1.807, 2.05) is 13.0 Å². The molecule has 1 aliphatic heterocycles. The number of hydrogen-bond donors (Lipinski definition) is 6. The number of ether oxygens (including phenoxy) is 2. The fraction of sp³-hybridized carbons (Fsp3) is 0.700. The van der Waals surface area contributed by atoms with Crippen LogP contribution in [-0.2, 0) is 14.3 Å². The van der Waals surface area contributed by atoms with Crippen molar-refractivity contribution < 1.29 is 39.8 Å². The molecule has 0 aliphatic carbocycles. The Morgan fingerprint density at radius 1 is 0.593 bits per heavy atom. The molecule has 0 aromatic rings. The van der Waals surface area contributed by atoms with Gasteiger partial charge in [0.15, 0.2) is 6.29 Å². The van der Waals surface area contributed by atoms with Gasteiger partial charge in [0.25, 0.3) is 0 Å². The minimum Gasteiger partial charge on any atom is -0.394 e. The molecule has 59 heavy (non-hydrogen) atoms. The van der Waals surface area contributed by atoms with Gasteiger partial charge in [-0.15, -0.1) is 0 Å². The molecule has 0 aromatic carbocycles. The molecule has 0 bridgehead atoms. The van der Waals surface area contributed by atoms with Gasteiger partial charge in [0, 0.05) is 6.42 Å². The Labute approximate surface area is 359 Å². The number of aliphatic hydroxyl groups excluding tert-OH is 5. The largest absolute Gasteiger partial charge is 0.394 e. The SMILES string of the molecule is CC/C=C\C/C=C\C/C=C\C/C=C\C/C=C\C/C=C\CCCCCCCCCCCCCCCCC(=O)NC(COC1OC(CO)C(O)C(O)C1O)C(O)/C=C/CCC. The van der Waals surface area contributed by atoms with E-state index in [1.165, 1.54) is 77.0 Å². The van der Waals surface area contributed by atoms with Crippen LogP contribution in [0, 0.1) is 0 Å². The highest BCUT2D eigenvalue weighted by Gasteiger charge is 2.44. The van der Waals surface area contributed by atoms with Gasteiger partial charge < -0.3 is 40.3 Å². The average molecular weight is 828 g/mol. The van der Waals surface area contributed by atoms with Gasteiger partial charge in [-0.05, 0) is 64.2 Å². The zero-order valence-corrected chi connectivity index (χ0v) is 37.0. The summed E-state index contributed by atoms with van der Waals surface area (Å²) in [6.07, 6.45) is 48.9. The van der Waals surface area contributed by atoms with Crippen LogP contribution in [-0.4, -0.2) is 87.5 Å². The molecule has 7 unspecified atom stereocenters. The quantitative estimate of drug-likeness (QED) is 0.0268. The second-order valence-electron chi connectivity index (χ2n) is 15.8. The Kier molecular flexibility index (Phi) is 36.4. The number of carbonyl (C=O) groups excluding carboxylic acids is 1. The molecule has 0 saturated carbocycles. The number of unbranched alkanes of at least 4 members (excludes halogenated alkanes) is 15. The highest BCUT2D eigenvalue weighted by molar-refractivity contribution is 5.76. The molecule has 9 nitrogen and oxygen atoms in total. The van der Waals surface area contributed by atoms with Crippen LogP contribution in [0.25, 0.3) is 0 Å². The lowest BCUT2D eigenvalue weighted by Crippen LogP contribution is -2.60. The van der Waals surface area contributed by atoms with Gasteiger partial charge in [-0.1, -0.05) is 182 Å². The van der Waals surface area contributed by atoms with Crippen LogP contribution in [0.1, 0.15) is 168 Å². The van der Waals surface area contributed by atoms with Crippen LogP contribution >= 0.6 is 0 Å². The number of amides is 1. The number of rotatable bonds is 37. The zero-order valence-electron chi connectivity index (χ0n) is 37.0. The van der Waals surface area contributed by atoms with Crippen molar-refractivity contribution in [1.29, 1.82) is 0 Å². The van der Waals surface area contributed by atoms with Crippen LogP contribution < -0.4 is 5.32 Å². The minimum atomic E-state index is -1.57. The molecular formula is C50H85NO8. The molecule has 1 aliphatic rings. The summed E-state index contributed by atoms with van der Waals surface area (Å²) in [6.45, 7) is 3.42. The van der Waals surface area contributed by atoms with Crippen molar-refractivity contribution in [2.24, 2.45) is 0 Å². The van der Waals surface area contributed by atoms with E-state index in [-0.39, 0.29) is 12.5 Å². The van der Waals surface area contributed by atoms with E-state index in [0.29, 0.717) is 6.42 Å². The van der Waals surface area contributed by atoms with Crippen molar-refractivity contribution in [1.82, 2.24) is 5.32 Å². The summed E-state index contributed by atoms with van der Waals surface area (Å²) in [4.78, 5) is 12.8. The maximum Gasteiger partial charge on any atom is 0.220 e. The van der Waals surface area contributed by atoms with E-state index in [1.54, 1.807) is 6.08 Å². The standard InChI is InChI=1S/C50H85NO8/c1-3-5-7-8-9-10-11-12-13-14-15-16-17-18-19-20-21-22-23-24-25-26-27-28-29-30-31-32-33-34-35-36-38-40-46(54)51-43(44(53)39-37-6-4-2)42-58-50-49(57)48(56)47(55)45(41-52)59-50/h5,7,9-10,12-13,15-16,18-19,21-22,37,39,43-45,47-50,52-53,55-57H,3-4,6,8,11,14,17,20,23-36,38,40-42H2,1-2H3,(H,51,54)/b7-5-,10-9-,13-12-,16-15-,19-18-,22-21-,39-37+. The number of aliphatic hydroxyl groups is 5. The summed E-state index contributed by atoms with van der Waals surface area (Å²) in [7, 11) is 0. The first-order valence-corrected chi connectivity index (χ1v) is 23.3. The molecule has 338 valence electrons.